The molecular weight excluding hydrogens is 429 g/mol. The van der Waals surface area contributed by atoms with E-state index in [1.807, 2.05) is 0 Å². The summed E-state index contributed by atoms with van der Waals surface area (Å²) in [5.74, 6) is -2.38. The van der Waals surface area contributed by atoms with Gasteiger partial charge in [0.05, 0.1) is 17.0 Å². The third-order valence-corrected chi connectivity index (χ3v) is 7.90. The summed E-state index contributed by atoms with van der Waals surface area (Å²) in [5.41, 5.74) is 0.749. The van der Waals surface area contributed by atoms with Gasteiger partial charge in [0.2, 0.25) is 0 Å². The maximum Gasteiger partial charge on any atom is 0.325 e. The van der Waals surface area contributed by atoms with Crippen LogP contribution in [0.3, 0.4) is 0 Å². The second-order valence-electron chi connectivity index (χ2n) is 8.14. The summed E-state index contributed by atoms with van der Waals surface area (Å²) in [5, 5.41) is 19.7. The van der Waals surface area contributed by atoms with Crippen LogP contribution in [0.1, 0.15) is 18.0 Å². The molecule has 2 atom stereocenters. The van der Waals surface area contributed by atoms with Crippen molar-refractivity contribution in [1.82, 2.24) is 14.4 Å². The van der Waals surface area contributed by atoms with E-state index >= 15 is 0 Å². The number of hydrogen-bond acceptors (Lipinski definition) is 6. The standard InChI is InChI=1S/C20H24FN3O6S/c21-13-1-2-15-16(10-24(11-18(25)26)17(15)9-13)19(20(27)28)23-6-4-22(5-7-23)14-3-8-31(29,30)12-14/h1-2,9-10,14,19H,3-8,11-12H2,(H,25,26)(H,27,28)/t14-,19+/m1/s1. The molecular formula is C20H24FN3O6S. The topological polar surface area (TPSA) is 120 Å². The number of carboxylic acid groups (broad SMARTS) is 2. The summed E-state index contributed by atoms with van der Waals surface area (Å²) >= 11 is 0. The van der Waals surface area contributed by atoms with Gasteiger partial charge in [-0.3, -0.25) is 19.4 Å². The molecule has 3 heterocycles. The largest absolute Gasteiger partial charge is 0.480 e. The van der Waals surface area contributed by atoms with Gasteiger partial charge < -0.3 is 14.8 Å². The number of sulfone groups is 1. The van der Waals surface area contributed by atoms with Crippen LogP contribution in [-0.2, 0) is 26.0 Å². The van der Waals surface area contributed by atoms with Crippen LogP contribution >= 0.6 is 0 Å². The zero-order valence-electron chi connectivity index (χ0n) is 16.8. The van der Waals surface area contributed by atoms with Crippen molar-refractivity contribution in [2.24, 2.45) is 0 Å². The molecule has 9 nitrogen and oxygen atoms in total. The number of benzene rings is 1. The fourth-order valence-electron chi connectivity index (χ4n) is 4.70. The number of halogens is 1. The van der Waals surface area contributed by atoms with Crippen molar-refractivity contribution in [1.29, 1.82) is 0 Å². The summed E-state index contributed by atoms with van der Waals surface area (Å²) in [4.78, 5) is 27.4. The van der Waals surface area contributed by atoms with Gasteiger partial charge in [-0.25, -0.2) is 12.8 Å². The van der Waals surface area contributed by atoms with Crippen molar-refractivity contribution in [2.45, 2.75) is 25.0 Å². The van der Waals surface area contributed by atoms with Crippen molar-refractivity contribution in [3.05, 3.63) is 35.8 Å². The highest BCUT2D eigenvalue weighted by Crippen LogP contribution is 2.32. The molecule has 0 aliphatic carbocycles. The molecule has 0 bridgehead atoms. The molecule has 1 aromatic carbocycles. The molecule has 0 radical (unpaired) electrons. The highest BCUT2D eigenvalue weighted by atomic mass is 32.2. The smallest absolute Gasteiger partial charge is 0.325 e. The van der Waals surface area contributed by atoms with E-state index in [0.717, 1.165) is 0 Å². The first-order valence-electron chi connectivity index (χ1n) is 10.1. The van der Waals surface area contributed by atoms with Gasteiger partial charge in [-0.15, -0.1) is 0 Å². The van der Waals surface area contributed by atoms with Gasteiger partial charge in [0, 0.05) is 49.4 Å². The SMILES string of the molecule is O=C(O)Cn1cc([C@@H](C(=O)O)N2CCN([C@@H]3CCS(=O)(=O)C3)CC2)c2ccc(F)cc21. The van der Waals surface area contributed by atoms with E-state index in [-0.39, 0.29) is 17.5 Å². The quantitative estimate of drug-likeness (QED) is 0.659. The summed E-state index contributed by atoms with van der Waals surface area (Å²) < 4.78 is 38.7. The number of nitrogens with zero attached hydrogens (tertiary/aromatic N) is 3. The number of aromatic nitrogens is 1. The predicted molar refractivity (Wildman–Crippen MR) is 110 cm³/mol. The monoisotopic (exact) mass is 453 g/mol. The summed E-state index contributed by atoms with van der Waals surface area (Å²) in [6.45, 7) is 1.55. The zero-order chi connectivity index (χ0) is 22.3. The van der Waals surface area contributed by atoms with Crippen molar-refractivity contribution >= 4 is 32.7 Å². The molecule has 2 aliphatic rings. The van der Waals surface area contributed by atoms with Crippen LogP contribution in [0.2, 0.25) is 0 Å². The summed E-state index contributed by atoms with van der Waals surface area (Å²) in [6, 6.07) is 2.87. The molecule has 2 saturated heterocycles. The minimum atomic E-state index is -3.00. The Morgan fingerprint density at radius 1 is 1.16 bits per heavy atom. The van der Waals surface area contributed by atoms with Crippen LogP contribution < -0.4 is 0 Å². The lowest BCUT2D eigenvalue weighted by Crippen LogP contribution is -2.52. The normalized spacial score (nSPS) is 23.2. The lowest BCUT2D eigenvalue weighted by molar-refractivity contribution is -0.144. The minimum absolute atomic E-state index is 0.0316. The molecule has 0 amide bonds. The van der Waals surface area contributed by atoms with E-state index in [1.54, 1.807) is 4.90 Å². The van der Waals surface area contributed by atoms with Crippen molar-refractivity contribution < 1.29 is 32.6 Å². The Morgan fingerprint density at radius 3 is 2.45 bits per heavy atom. The Morgan fingerprint density at radius 2 is 1.87 bits per heavy atom. The molecule has 2 N–H and O–H groups in total. The van der Waals surface area contributed by atoms with Gasteiger partial charge >= 0.3 is 11.9 Å². The lowest BCUT2D eigenvalue weighted by atomic mass is 10.0. The van der Waals surface area contributed by atoms with Crippen molar-refractivity contribution in [3.63, 3.8) is 0 Å². The van der Waals surface area contributed by atoms with Gasteiger partial charge in [-0.1, -0.05) is 0 Å². The van der Waals surface area contributed by atoms with Crippen LogP contribution in [0.25, 0.3) is 10.9 Å². The molecule has 31 heavy (non-hydrogen) atoms. The average Bonchev–Trinajstić information content (AvgIpc) is 3.22. The molecule has 0 saturated carbocycles. The van der Waals surface area contributed by atoms with Crippen LogP contribution in [0.15, 0.2) is 24.4 Å². The zero-order valence-corrected chi connectivity index (χ0v) is 17.6. The van der Waals surface area contributed by atoms with Crippen molar-refractivity contribution in [3.8, 4) is 0 Å². The van der Waals surface area contributed by atoms with E-state index in [0.29, 0.717) is 49.1 Å². The Balaban J connectivity index is 1.59. The number of aliphatic carboxylic acids is 2. The van der Waals surface area contributed by atoms with Gasteiger partial charge in [-0.05, 0) is 24.6 Å². The molecule has 4 rings (SSSR count). The molecule has 0 spiro atoms. The Labute approximate surface area is 178 Å². The summed E-state index contributed by atoms with van der Waals surface area (Å²) in [6.07, 6.45) is 2.08. The fraction of sp³-hybridized carbons (Fsp3) is 0.500. The van der Waals surface area contributed by atoms with E-state index in [4.69, 9.17) is 0 Å². The molecule has 2 fully saturated rings. The number of rotatable bonds is 6. The maximum absolute atomic E-state index is 13.8. The number of piperazine rings is 1. The van der Waals surface area contributed by atoms with E-state index in [1.165, 1.54) is 29.0 Å². The number of hydrogen-bond donors (Lipinski definition) is 2. The lowest BCUT2D eigenvalue weighted by Gasteiger charge is -2.40. The molecule has 1 aromatic heterocycles. The Hall–Kier alpha value is -2.50. The van der Waals surface area contributed by atoms with Gasteiger partial charge in [0.15, 0.2) is 9.84 Å². The van der Waals surface area contributed by atoms with Gasteiger partial charge in [0.25, 0.3) is 0 Å². The second kappa shape index (κ2) is 8.21. The molecule has 2 aromatic rings. The first kappa shape index (κ1) is 21.7. The highest BCUT2D eigenvalue weighted by molar-refractivity contribution is 7.91. The average molecular weight is 453 g/mol. The maximum atomic E-state index is 13.8. The van der Waals surface area contributed by atoms with Crippen LogP contribution in [0.4, 0.5) is 4.39 Å². The molecule has 2 aliphatic heterocycles. The highest BCUT2D eigenvalue weighted by Gasteiger charge is 2.37. The van der Waals surface area contributed by atoms with E-state index < -0.39 is 40.2 Å². The Kier molecular flexibility index (Phi) is 5.75. The van der Waals surface area contributed by atoms with Gasteiger partial charge in [-0.2, -0.15) is 0 Å². The predicted octanol–water partition coefficient (Wildman–Crippen LogP) is 0.795. The number of carboxylic acids is 2. The third-order valence-electron chi connectivity index (χ3n) is 6.15. The number of fused-ring (bicyclic) bond motifs is 1. The summed E-state index contributed by atoms with van der Waals surface area (Å²) in [7, 11) is -3.00. The molecule has 168 valence electrons. The van der Waals surface area contributed by atoms with Gasteiger partial charge in [0.1, 0.15) is 18.4 Å². The number of carbonyl (C=O) groups is 2. The first-order valence-corrected chi connectivity index (χ1v) is 11.9. The first-order chi connectivity index (χ1) is 14.6. The third kappa shape index (κ3) is 4.43. The van der Waals surface area contributed by atoms with Crippen LogP contribution in [-0.4, -0.2) is 88.7 Å². The fourth-order valence-corrected chi connectivity index (χ4v) is 6.46. The molecule has 0 unspecified atom stereocenters. The molecule has 11 heteroatoms. The Bertz CT molecular complexity index is 1120. The second-order valence-corrected chi connectivity index (χ2v) is 10.4. The van der Waals surface area contributed by atoms with Crippen LogP contribution in [0.5, 0.6) is 0 Å². The minimum Gasteiger partial charge on any atom is -0.480 e. The van der Waals surface area contributed by atoms with Crippen LogP contribution in [0, 0.1) is 5.82 Å². The van der Waals surface area contributed by atoms with E-state index in [9.17, 15) is 32.6 Å². The van der Waals surface area contributed by atoms with Crippen molar-refractivity contribution in [2.75, 3.05) is 37.7 Å². The van der Waals surface area contributed by atoms with E-state index in [2.05, 4.69) is 4.90 Å².